The van der Waals surface area contributed by atoms with E-state index >= 15 is 0 Å². The molecule has 1 amide bonds. The van der Waals surface area contributed by atoms with Crippen LogP contribution < -0.4 is 5.32 Å². The number of unbranched alkanes of at least 4 members (excludes halogenated alkanes) is 14. The molecule has 0 saturated heterocycles. The van der Waals surface area contributed by atoms with E-state index in [0.29, 0.717) is 12.1 Å². The summed E-state index contributed by atoms with van der Waals surface area (Å²) in [4.78, 5) is 21.6. The highest BCUT2D eigenvalue weighted by molar-refractivity contribution is 5.78. The minimum Gasteiger partial charge on any atom is -0.326 e. The molecule has 6 heteroatoms. The van der Waals surface area contributed by atoms with Gasteiger partial charge in [-0.3, -0.25) is 14.9 Å². The fourth-order valence-electron chi connectivity index (χ4n) is 3.72. The van der Waals surface area contributed by atoms with E-state index < -0.39 is 10.7 Å². The third-order valence-corrected chi connectivity index (χ3v) is 5.72. The van der Waals surface area contributed by atoms with Crippen molar-refractivity contribution in [3.63, 3.8) is 0 Å². The molecule has 5 nitrogen and oxygen atoms in total. The number of halogens is 1. The van der Waals surface area contributed by atoms with Gasteiger partial charge in [0.25, 0.3) is 0 Å². The topological polar surface area (TPSA) is 72.2 Å². The van der Waals surface area contributed by atoms with E-state index in [2.05, 4.69) is 12.2 Å². The molecule has 1 unspecified atom stereocenters. The Morgan fingerprint density at radius 3 is 1.83 bits per heavy atom. The van der Waals surface area contributed by atoms with Crippen molar-refractivity contribution in [2.45, 2.75) is 122 Å². The lowest BCUT2D eigenvalue weighted by Gasteiger charge is -2.16. The molecule has 0 aromatic heterocycles. The maximum atomic E-state index is 13.8. The van der Waals surface area contributed by atoms with E-state index in [1.807, 2.05) is 0 Å². The number of alkyl halides is 1. The molecule has 172 valence electrons. The van der Waals surface area contributed by atoms with Gasteiger partial charge in [0.1, 0.15) is 0 Å². The third-order valence-electron chi connectivity index (χ3n) is 5.72. The van der Waals surface area contributed by atoms with Gasteiger partial charge in [0.05, 0.1) is 11.3 Å². The van der Waals surface area contributed by atoms with Crippen LogP contribution in [0.4, 0.5) is 4.39 Å². The van der Waals surface area contributed by atoms with Gasteiger partial charge in [-0.15, -0.1) is 0 Å². The van der Waals surface area contributed by atoms with Crippen LogP contribution in [0.15, 0.2) is 23.9 Å². The van der Waals surface area contributed by atoms with Gasteiger partial charge >= 0.3 is 5.79 Å². The van der Waals surface area contributed by atoms with E-state index in [4.69, 9.17) is 0 Å². The van der Waals surface area contributed by atoms with E-state index in [9.17, 15) is 19.3 Å². The smallest absolute Gasteiger partial charge is 0.326 e. The lowest BCUT2D eigenvalue weighted by atomic mass is 10.0. The highest BCUT2D eigenvalue weighted by Gasteiger charge is 2.40. The Labute approximate surface area is 181 Å². The molecule has 0 aliphatic heterocycles. The van der Waals surface area contributed by atoms with Crippen LogP contribution in [0.25, 0.3) is 0 Å². The fourth-order valence-corrected chi connectivity index (χ4v) is 3.72. The Kier molecular flexibility index (Phi) is 14.1. The van der Waals surface area contributed by atoms with Crippen molar-refractivity contribution in [1.82, 2.24) is 5.32 Å². The number of nitrogens with one attached hydrogen (secondary N) is 1. The van der Waals surface area contributed by atoms with E-state index in [0.717, 1.165) is 25.3 Å². The molecule has 0 saturated carbocycles. The first kappa shape index (κ1) is 26.3. The minimum absolute atomic E-state index is 0.118. The summed E-state index contributed by atoms with van der Waals surface area (Å²) in [5.41, 5.74) is 0.441. The summed E-state index contributed by atoms with van der Waals surface area (Å²) in [5, 5.41) is 13.3. The average molecular weight is 425 g/mol. The highest BCUT2D eigenvalue weighted by atomic mass is 19.1. The Morgan fingerprint density at radius 2 is 1.43 bits per heavy atom. The van der Waals surface area contributed by atoms with Crippen molar-refractivity contribution in [2.24, 2.45) is 0 Å². The van der Waals surface area contributed by atoms with Crippen molar-refractivity contribution >= 4 is 5.91 Å². The maximum absolute atomic E-state index is 13.8. The number of carbonyl (C=O) groups excluding carboxylic acids is 1. The first-order valence-corrected chi connectivity index (χ1v) is 12.0. The summed E-state index contributed by atoms with van der Waals surface area (Å²) >= 11 is 0. The number of rotatable bonds is 18. The van der Waals surface area contributed by atoms with Crippen molar-refractivity contribution < 1.29 is 14.1 Å². The number of hydrogen-bond acceptors (Lipinski definition) is 3. The van der Waals surface area contributed by atoms with Gasteiger partial charge in [-0.25, -0.2) is 0 Å². The summed E-state index contributed by atoms with van der Waals surface area (Å²) in [6.45, 7) is 2.26. The van der Waals surface area contributed by atoms with Crippen LogP contribution in [-0.2, 0) is 4.79 Å². The Hall–Kier alpha value is -1.72. The monoisotopic (exact) mass is 424 g/mol. The number of nitro groups is 1. The van der Waals surface area contributed by atoms with Gasteiger partial charge in [0.15, 0.2) is 0 Å². The van der Waals surface area contributed by atoms with Crippen molar-refractivity contribution in [3.8, 4) is 0 Å². The number of amides is 1. The van der Waals surface area contributed by atoms with Crippen LogP contribution >= 0.6 is 0 Å². The number of carbonyl (C=O) groups is 1. The first-order chi connectivity index (χ1) is 14.5. The summed E-state index contributed by atoms with van der Waals surface area (Å²) in [6, 6.07) is 0. The second-order valence-corrected chi connectivity index (χ2v) is 8.52. The quantitative estimate of drug-likeness (QED) is 0.110. The fraction of sp³-hybridized carbons (Fsp3) is 0.792. The Bertz CT molecular complexity index is 563. The second-order valence-electron chi connectivity index (χ2n) is 8.52. The molecule has 0 heterocycles. The van der Waals surface area contributed by atoms with Crippen LogP contribution in [0.3, 0.4) is 0 Å². The molecule has 0 radical (unpaired) electrons. The molecule has 0 aromatic rings. The molecular weight excluding hydrogens is 383 g/mol. The first-order valence-electron chi connectivity index (χ1n) is 12.0. The summed E-state index contributed by atoms with van der Waals surface area (Å²) in [6.07, 6.45) is 22.8. The predicted molar refractivity (Wildman–Crippen MR) is 120 cm³/mol. The highest BCUT2D eigenvalue weighted by Crippen LogP contribution is 2.24. The van der Waals surface area contributed by atoms with Gasteiger partial charge in [-0.2, -0.15) is 4.39 Å². The van der Waals surface area contributed by atoms with Crippen LogP contribution in [-0.4, -0.2) is 16.6 Å². The zero-order chi connectivity index (χ0) is 22.1. The largest absolute Gasteiger partial charge is 0.381 e. The van der Waals surface area contributed by atoms with E-state index in [-0.39, 0.29) is 12.3 Å². The number of nitrogens with zero attached hydrogens (tertiary/aromatic N) is 1. The molecule has 1 rings (SSSR count). The van der Waals surface area contributed by atoms with Crippen molar-refractivity contribution in [3.05, 3.63) is 34.0 Å². The van der Waals surface area contributed by atoms with Crippen LogP contribution in [0.1, 0.15) is 116 Å². The number of allylic oxidation sites excluding steroid dienone is 1. The normalized spacial score (nSPS) is 18.3. The maximum Gasteiger partial charge on any atom is 0.381 e. The summed E-state index contributed by atoms with van der Waals surface area (Å²) in [5.74, 6) is -2.67. The molecule has 1 atom stereocenters. The molecule has 1 aliphatic rings. The lowest BCUT2D eigenvalue weighted by Crippen LogP contribution is -2.33. The standard InChI is InChI=1S/C24H41FN2O3/c1-2-3-4-5-6-7-8-9-10-11-12-13-14-15-16-17-23(28)26-22-18-20-24(25,21-19-22)27(29)30/h18-20H,2-17,21H2,1H3,(H,26,28). The molecule has 0 spiro atoms. The third kappa shape index (κ3) is 12.1. The average Bonchev–Trinajstić information content (AvgIpc) is 2.72. The van der Waals surface area contributed by atoms with E-state index in [1.54, 1.807) is 0 Å². The van der Waals surface area contributed by atoms with Crippen LogP contribution in [0.5, 0.6) is 0 Å². The molecule has 30 heavy (non-hydrogen) atoms. The molecule has 1 N–H and O–H groups in total. The van der Waals surface area contributed by atoms with Crippen molar-refractivity contribution in [2.75, 3.05) is 0 Å². The number of hydrogen-bond donors (Lipinski definition) is 1. The molecule has 0 fully saturated rings. The predicted octanol–water partition coefficient (Wildman–Crippen LogP) is 7.15. The summed E-state index contributed by atoms with van der Waals surface area (Å²) in [7, 11) is 0. The zero-order valence-corrected chi connectivity index (χ0v) is 18.8. The molecular formula is C24H41FN2O3. The minimum atomic E-state index is -2.55. The van der Waals surface area contributed by atoms with Gasteiger partial charge in [-0.05, 0) is 12.5 Å². The van der Waals surface area contributed by atoms with Crippen molar-refractivity contribution in [1.29, 1.82) is 0 Å². The second kappa shape index (κ2) is 16.0. The molecule has 1 aliphatic carbocycles. The SMILES string of the molecule is CCCCCCCCCCCCCCCCCC(=O)NC1=CCC(F)([N+](=O)[O-])C=C1. The van der Waals surface area contributed by atoms with Gasteiger partial charge < -0.3 is 5.32 Å². The zero-order valence-electron chi connectivity index (χ0n) is 18.8. The Morgan fingerprint density at radius 1 is 0.967 bits per heavy atom. The molecule has 0 bridgehead atoms. The van der Waals surface area contributed by atoms with Gasteiger partial charge in [0, 0.05) is 18.2 Å². The van der Waals surface area contributed by atoms with Crippen LogP contribution in [0.2, 0.25) is 0 Å². The lowest BCUT2D eigenvalue weighted by molar-refractivity contribution is -0.588. The van der Waals surface area contributed by atoms with E-state index in [1.165, 1.54) is 89.2 Å². The van der Waals surface area contributed by atoms with Gasteiger partial charge in [-0.1, -0.05) is 103 Å². The molecule has 0 aromatic carbocycles. The van der Waals surface area contributed by atoms with Crippen LogP contribution in [0, 0.1) is 10.1 Å². The Balaban J connectivity index is 1.89. The summed E-state index contributed by atoms with van der Waals surface area (Å²) < 4.78 is 13.8. The van der Waals surface area contributed by atoms with Gasteiger partial charge in [0.2, 0.25) is 5.91 Å².